The Morgan fingerprint density at radius 2 is 1.95 bits per heavy atom. The van der Waals surface area contributed by atoms with E-state index >= 15 is 0 Å². The van der Waals surface area contributed by atoms with E-state index < -0.39 is 0 Å². The predicted molar refractivity (Wildman–Crippen MR) is 90.4 cm³/mol. The summed E-state index contributed by atoms with van der Waals surface area (Å²) >= 11 is 0. The highest BCUT2D eigenvalue weighted by molar-refractivity contribution is 5.91. The van der Waals surface area contributed by atoms with Gasteiger partial charge in [0, 0.05) is 30.1 Å². The van der Waals surface area contributed by atoms with Crippen molar-refractivity contribution in [1.82, 2.24) is 10.3 Å². The summed E-state index contributed by atoms with van der Waals surface area (Å²) in [5.74, 6) is 1.79. The number of carbonyl (C=O) groups excluding carboxylic acids is 1. The number of nitrogens with one attached hydrogen (secondary N) is 2. The van der Waals surface area contributed by atoms with Gasteiger partial charge in [-0.3, -0.25) is 4.79 Å². The fourth-order valence-corrected chi connectivity index (χ4v) is 1.85. The van der Waals surface area contributed by atoms with Gasteiger partial charge in [-0.05, 0) is 31.3 Å². The molecule has 2 rings (SSSR count). The highest BCUT2D eigenvalue weighted by Gasteiger charge is 2.09. The van der Waals surface area contributed by atoms with E-state index in [9.17, 15) is 4.79 Å². The number of carbonyl (C=O) groups is 1. The number of hydrogen-bond donors (Lipinski definition) is 2. The first-order chi connectivity index (χ1) is 10.1. The van der Waals surface area contributed by atoms with Crippen molar-refractivity contribution in [2.45, 2.75) is 26.2 Å². The molecule has 2 aromatic rings. The zero-order valence-corrected chi connectivity index (χ0v) is 13.9. The van der Waals surface area contributed by atoms with Crippen molar-refractivity contribution in [1.29, 1.82) is 0 Å². The third-order valence-corrected chi connectivity index (χ3v) is 3.11. The summed E-state index contributed by atoms with van der Waals surface area (Å²) in [4.78, 5) is 15.9. The van der Waals surface area contributed by atoms with Crippen LogP contribution in [0.2, 0.25) is 0 Å². The van der Waals surface area contributed by atoms with E-state index in [2.05, 4.69) is 29.5 Å². The van der Waals surface area contributed by atoms with Crippen LogP contribution in [0.1, 0.15) is 31.9 Å². The predicted octanol–water partition coefficient (Wildman–Crippen LogP) is 3.43. The monoisotopic (exact) mass is 323 g/mol. The quantitative estimate of drug-likeness (QED) is 0.854. The molecule has 1 amide bonds. The molecule has 0 unspecified atom stereocenters. The fourth-order valence-electron chi connectivity index (χ4n) is 1.85. The fraction of sp³-hybridized carbons (Fsp3) is 0.375. The maximum atomic E-state index is 11.6. The van der Waals surface area contributed by atoms with Gasteiger partial charge >= 0.3 is 0 Å². The van der Waals surface area contributed by atoms with Crippen LogP contribution in [-0.4, -0.2) is 24.5 Å². The van der Waals surface area contributed by atoms with Gasteiger partial charge in [0.1, 0.15) is 5.76 Å². The van der Waals surface area contributed by atoms with E-state index in [1.54, 1.807) is 6.20 Å². The molecule has 2 N–H and O–H groups in total. The maximum absolute atomic E-state index is 11.6. The molecule has 120 valence electrons. The van der Waals surface area contributed by atoms with Crippen LogP contribution in [0.15, 0.2) is 34.9 Å². The summed E-state index contributed by atoms with van der Waals surface area (Å²) in [5.41, 5.74) is 1.67. The molecule has 0 radical (unpaired) electrons. The van der Waals surface area contributed by atoms with Gasteiger partial charge in [-0.15, -0.1) is 12.4 Å². The maximum Gasteiger partial charge on any atom is 0.226 e. The third-order valence-electron chi connectivity index (χ3n) is 3.11. The number of halogens is 1. The van der Waals surface area contributed by atoms with Crippen molar-refractivity contribution in [2.24, 2.45) is 0 Å². The Balaban J connectivity index is 0.00000242. The number of oxazole rings is 1. The Bertz CT molecular complexity index is 594. The minimum Gasteiger partial charge on any atom is -0.441 e. The van der Waals surface area contributed by atoms with Crippen molar-refractivity contribution in [3.05, 3.63) is 36.2 Å². The summed E-state index contributed by atoms with van der Waals surface area (Å²) in [5, 5.41) is 5.79. The van der Waals surface area contributed by atoms with Crippen LogP contribution >= 0.6 is 12.4 Å². The number of benzene rings is 1. The average Bonchev–Trinajstić information content (AvgIpc) is 2.96. The second-order valence-corrected chi connectivity index (χ2v) is 5.20. The lowest BCUT2D eigenvalue weighted by Crippen LogP contribution is -2.18. The third kappa shape index (κ3) is 4.86. The molecule has 5 nitrogen and oxygen atoms in total. The Morgan fingerprint density at radius 1 is 1.27 bits per heavy atom. The summed E-state index contributed by atoms with van der Waals surface area (Å²) in [7, 11) is 1.82. The van der Waals surface area contributed by atoms with Gasteiger partial charge in [-0.1, -0.05) is 13.8 Å². The van der Waals surface area contributed by atoms with Crippen molar-refractivity contribution in [3.8, 4) is 11.5 Å². The van der Waals surface area contributed by atoms with Crippen LogP contribution in [0.5, 0.6) is 0 Å². The van der Waals surface area contributed by atoms with Crippen molar-refractivity contribution < 1.29 is 9.21 Å². The number of anilines is 1. The van der Waals surface area contributed by atoms with Gasteiger partial charge in [-0.2, -0.15) is 0 Å². The van der Waals surface area contributed by atoms with E-state index in [0.717, 1.165) is 17.0 Å². The van der Waals surface area contributed by atoms with Crippen LogP contribution in [0.4, 0.5) is 5.69 Å². The highest BCUT2D eigenvalue weighted by atomic mass is 35.5. The van der Waals surface area contributed by atoms with Crippen molar-refractivity contribution >= 4 is 24.0 Å². The molecule has 1 aromatic carbocycles. The van der Waals surface area contributed by atoms with Crippen molar-refractivity contribution in [3.63, 3.8) is 0 Å². The molecule has 0 spiro atoms. The van der Waals surface area contributed by atoms with Crippen LogP contribution in [0.25, 0.3) is 11.5 Å². The molecule has 6 heteroatoms. The summed E-state index contributed by atoms with van der Waals surface area (Å²) in [6.45, 7) is 4.79. The molecule has 0 atom stereocenters. The zero-order chi connectivity index (χ0) is 15.2. The normalized spacial score (nSPS) is 10.4. The van der Waals surface area contributed by atoms with Gasteiger partial charge in [0.05, 0.1) is 6.20 Å². The lowest BCUT2D eigenvalue weighted by molar-refractivity contribution is -0.116. The lowest BCUT2D eigenvalue weighted by Gasteiger charge is -2.05. The standard InChI is InChI=1S/C16H21N3O2.ClH/c1-11(2)14-10-18-16(21-14)12-4-6-13(7-5-12)19-15(20)8-9-17-3;/h4-7,10-11,17H,8-9H2,1-3H3,(H,19,20);1H. The Morgan fingerprint density at radius 3 is 2.50 bits per heavy atom. The molecular weight excluding hydrogens is 302 g/mol. The van der Waals surface area contributed by atoms with Crippen LogP contribution in [-0.2, 0) is 4.79 Å². The molecular formula is C16H22ClN3O2. The first-order valence-corrected chi connectivity index (χ1v) is 7.10. The molecule has 0 bridgehead atoms. The largest absolute Gasteiger partial charge is 0.441 e. The number of aromatic nitrogens is 1. The van der Waals surface area contributed by atoms with Crippen LogP contribution in [0, 0.1) is 0 Å². The number of rotatable bonds is 6. The molecule has 0 saturated carbocycles. The first-order valence-electron chi connectivity index (χ1n) is 7.10. The van der Waals surface area contributed by atoms with Crippen LogP contribution in [0.3, 0.4) is 0 Å². The number of amides is 1. The molecule has 1 aromatic heterocycles. The van der Waals surface area contributed by atoms with E-state index in [-0.39, 0.29) is 18.3 Å². The molecule has 0 aliphatic heterocycles. The van der Waals surface area contributed by atoms with Gasteiger partial charge in [-0.25, -0.2) is 4.98 Å². The molecule has 1 heterocycles. The van der Waals surface area contributed by atoms with E-state index in [1.165, 1.54) is 0 Å². The SMILES string of the molecule is CNCCC(=O)Nc1ccc(-c2ncc(C(C)C)o2)cc1.Cl. The lowest BCUT2D eigenvalue weighted by atomic mass is 10.2. The minimum absolute atomic E-state index is 0. The van der Waals surface area contributed by atoms with Gasteiger partial charge < -0.3 is 15.1 Å². The van der Waals surface area contributed by atoms with E-state index in [0.29, 0.717) is 24.8 Å². The first kappa shape index (κ1) is 18.2. The van der Waals surface area contributed by atoms with Gasteiger partial charge in [0.15, 0.2) is 0 Å². The minimum atomic E-state index is -0.00434. The summed E-state index contributed by atoms with van der Waals surface area (Å²) < 4.78 is 5.70. The molecule has 0 aliphatic rings. The van der Waals surface area contributed by atoms with E-state index in [4.69, 9.17) is 4.42 Å². The number of hydrogen-bond acceptors (Lipinski definition) is 4. The Kier molecular flexibility index (Phi) is 7.08. The average molecular weight is 324 g/mol. The summed E-state index contributed by atoms with van der Waals surface area (Å²) in [6.07, 6.45) is 2.21. The molecule has 22 heavy (non-hydrogen) atoms. The van der Waals surface area contributed by atoms with Crippen LogP contribution < -0.4 is 10.6 Å². The zero-order valence-electron chi connectivity index (χ0n) is 13.1. The Labute approximate surface area is 136 Å². The summed E-state index contributed by atoms with van der Waals surface area (Å²) in [6, 6.07) is 7.49. The van der Waals surface area contributed by atoms with E-state index in [1.807, 2.05) is 31.3 Å². The second-order valence-electron chi connectivity index (χ2n) is 5.20. The van der Waals surface area contributed by atoms with Gasteiger partial charge in [0.25, 0.3) is 0 Å². The highest BCUT2D eigenvalue weighted by Crippen LogP contribution is 2.24. The molecule has 0 saturated heterocycles. The number of nitrogens with zero attached hydrogens (tertiary/aromatic N) is 1. The smallest absolute Gasteiger partial charge is 0.226 e. The Hall–Kier alpha value is -1.85. The second kappa shape index (κ2) is 8.56. The topological polar surface area (TPSA) is 67.2 Å². The molecule has 0 fully saturated rings. The van der Waals surface area contributed by atoms with Crippen molar-refractivity contribution in [2.75, 3.05) is 18.9 Å². The molecule has 0 aliphatic carbocycles. The van der Waals surface area contributed by atoms with Gasteiger partial charge in [0.2, 0.25) is 11.8 Å².